The van der Waals surface area contributed by atoms with Crippen LogP contribution in [0.2, 0.25) is 0 Å². The van der Waals surface area contributed by atoms with Crippen LogP contribution in [0.15, 0.2) is 24.3 Å². The van der Waals surface area contributed by atoms with E-state index >= 15 is 0 Å². The number of hydrogen-bond acceptors (Lipinski definition) is 5. The van der Waals surface area contributed by atoms with Crippen molar-refractivity contribution in [1.29, 1.82) is 0 Å². The Labute approximate surface area is 160 Å². The normalized spacial score (nSPS) is 16.1. The number of likely N-dealkylation sites (tertiary alicyclic amines) is 1. The lowest BCUT2D eigenvalue weighted by Gasteiger charge is -2.32. The van der Waals surface area contributed by atoms with E-state index in [0.29, 0.717) is 37.3 Å². The first-order chi connectivity index (χ1) is 12.7. The number of aryl methyl sites for hydroxylation is 1. The Morgan fingerprint density at radius 1 is 1.11 bits per heavy atom. The van der Waals surface area contributed by atoms with Crippen LogP contribution in [-0.2, 0) is 9.84 Å². The average Bonchev–Trinajstić information content (AvgIpc) is 3.03. The molecule has 0 atom stereocenters. The minimum absolute atomic E-state index is 0.189. The molecule has 2 heterocycles. The number of rotatable bonds is 4. The van der Waals surface area contributed by atoms with Crippen molar-refractivity contribution in [2.45, 2.75) is 51.0 Å². The average molecular weight is 391 g/mol. The third-order valence-electron chi connectivity index (χ3n) is 5.23. The van der Waals surface area contributed by atoms with Crippen molar-refractivity contribution in [3.63, 3.8) is 0 Å². The van der Waals surface area contributed by atoms with Gasteiger partial charge in [-0.05, 0) is 52.7 Å². The van der Waals surface area contributed by atoms with E-state index in [9.17, 15) is 13.2 Å². The molecule has 1 aliphatic heterocycles. The van der Waals surface area contributed by atoms with Gasteiger partial charge in [0.2, 0.25) is 0 Å². The number of carbonyl (C=O) groups excluding carboxylic acids is 1. The molecule has 0 unspecified atom stereocenters. The summed E-state index contributed by atoms with van der Waals surface area (Å²) in [4.78, 5) is 14.6. The summed E-state index contributed by atoms with van der Waals surface area (Å²) in [7, 11) is -3.13. The summed E-state index contributed by atoms with van der Waals surface area (Å²) in [6.45, 7) is 8.09. The molecular formula is C19H26N4O3S. The van der Waals surface area contributed by atoms with Crippen molar-refractivity contribution >= 4 is 15.7 Å². The first kappa shape index (κ1) is 19.5. The maximum Gasteiger partial charge on any atom is 0.276 e. The van der Waals surface area contributed by atoms with Gasteiger partial charge < -0.3 is 4.90 Å². The standard InChI is InChI=1S/C19H26N4O3S/c1-13(2)27(25,26)17-9-11-22(12-10-17)19(24)18-15(4)23(21-20-18)16-7-5-14(3)6-8-16/h5-8,13,17H,9-12H2,1-4H3. The van der Waals surface area contributed by atoms with Crippen molar-refractivity contribution in [3.8, 4) is 5.69 Å². The Bertz CT molecular complexity index is 924. The number of amides is 1. The number of sulfone groups is 1. The first-order valence-corrected chi connectivity index (χ1v) is 10.8. The SMILES string of the molecule is Cc1ccc(-n2nnc(C(=O)N3CCC(S(=O)(=O)C(C)C)CC3)c2C)cc1. The molecule has 0 bridgehead atoms. The molecule has 1 saturated heterocycles. The Morgan fingerprint density at radius 3 is 2.26 bits per heavy atom. The molecule has 1 aliphatic rings. The number of aromatic nitrogens is 3. The maximum atomic E-state index is 12.9. The summed E-state index contributed by atoms with van der Waals surface area (Å²) in [5, 5.41) is 7.46. The number of benzene rings is 1. The molecule has 0 radical (unpaired) electrons. The summed E-state index contributed by atoms with van der Waals surface area (Å²) in [5.74, 6) is -0.189. The fraction of sp³-hybridized carbons (Fsp3) is 0.526. The summed E-state index contributed by atoms with van der Waals surface area (Å²) < 4.78 is 26.3. The van der Waals surface area contributed by atoms with Gasteiger partial charge in [-0.2, -0.15) is 0 Å². The van der Waals surface area contributed by atoms with Gasteiger partial charge in [-0.3, -0.25) is 4.79 Å². The van der Waals surface area contributed by atoms with Crippen LogP contribution in [0.4, 0.5) is 0 Å². The summed E-state index contributed by atoms with van der Waals surface area (Å²) in [6.07, 6.45) is 0.939. The fourth-order valence-corrected chi connectivity index (χ4v) is 5.02. The third-order valence-corrected chi connectivity index (χ3v) is 7.94. The molecule has 0 spiro atoms. The summed E-state index contributed by atoms with van der Waals surface area (Å²) >= 11 is 0. The van der Waals surface area contributed by atoms with Crippen LogP contribution < -0.4 is 0 Å². The van der Waals surface area contributed by atoms with Crippen LogP contribution in [0, 0.1) is 13.8 Å². The van der Waals surface area contributed by atoms with Crippen LogP contribution in [0.5, 0.6) is 0 Å². The molecule has 0 N–H and O–H groups in total. The second-order valence-electron chi connectivity index (χ2n) is 7.40. The topological polar surface area (TPSA) is 85.2 Å². The molecule has 1 amide bonds. The fourth-order valence-electron chi connectivity index (χ4n) is 3.38. The smallest absolute Gasteiger partial charge is 0.276 e. The van der Waals surface area contributed by atoms with Crippen LogP contribution in [-0.4, -0.2) is 57.8 Å². The zero-order chi connectivity index (χ0) is 19.8. The maximum absolute atomic E-state index is 12.9. The van der Waals surface area contributed by atoms with Gasteiger partial charge in [0.05, 0.1) is 21.9 Å². The lowest BCUT2D eigenvalue weighted by Crippen LogP contribution is -2.44. The Kier molecular flexibility index (Phi) is 5.37. The van der Waals surface area contributed by atoms with Crippen LogP contribution in [0.25, 0.3) is 5.69 Å². The number of piperidine rings is 1. The molecule has 1 aromatic heterocycles. The lowest BCUT2D eigenvalue weighted by molar-refractivity contribution is 0.0718. The highest BCUT2D eigenvalue weighted by molar-refractivity contribution is 7.92. The quantitative estimate of drug-likeness (QED) is 0.800. The molecule has 3 rings (SSSR count). The molecule has 7 nitrogen and oxygen atoms in total. The molecule has 1 fully saturated rings. The van der Waals surface area contributed by atoms with Gasteiger partial charge in [-0.1, -0.05) is 22.9 Å². The van der Waals surface area contributed by atoms with E-state index in [4.69, 9.17) is 0 Å². The largest absolute Gasteiger partial charge is 0.337 e. The van der Waals surface area contributed by atoms with Crippen molar-refractivity contribution in [2.75, 3.05) is 13.1 Å². The van der Waals surface area contributed by atoms with Gasteiger partial charge in [0, 0.05) is 13.1 Å². The molecular weight excluding hydrogens is 364 g/mol. The van der Waals surface area contributed by atoms with Crippen LogP contribution >= 0.6 is 0 Å². The van der Waals surface area contributed by atoms with Gasteiger partial charge in [0.1, 0.15) is 0 Å². The van der Waals surface area contributed by atoms with E-state index < -0.39 is 9.84 Å². The Morgan fingerprint density at radius 2 is 1.70 bits per heavy atom. The zero-order valence-corrected chi connectivity index (χ0v) is 17.0. The second kappa shape index (κ2) is 7.42. The van der Waals surface area contributed by atoms with E-state index in [0.717, 1.165) is 11.3 Å². The van der Waals surface area contributed by atoms with Crippen molar-refractivity contribution in [2.24, 2.45) is 0 Å². The van der Waals surface area contributed by atoms with Gasteiger partial charge in [-0.25, -0.2) is 13.1 Å². The van der Waals surface area contributed by atoms with Crippen molar-refractivity contribution in [1.82, 2.24) is 19.9 Å². The highest BCUT2D eigenvalue weighted by atomic mass is 32.2. The number of nitrogens with zero attached hydrogens (tertiary/aromatic N) is 4. The van der Waals surface area contributed by atoms with E-state index in [1.54, 1.807) is 23.4 Å². The molecule has 27 heavy (non-hydrogen) atoms. The molecule has 0 aliphatic carbocycles. The molecule has 1 aromatic carbocycles. The zero-order valence-electron chi connectivity index (χ0n) is 16.2. The number of carbonyl (C=O) groups is 1. The van der Waals surface area contributed by atoms with Crippen LogP contribution in [0.3, 0.4) is 0 Å². The van der Waals surface area contributed by atoms with E-state index in [-0.39, 0.29) is 16.4 Å². The predicted octanol–water partition coefficient (Wildman–Crippen LogP) is 2.31. The summed E-state index contributed by atoms with van der Waals surface area (Å²) in [6, 6.07) is 7.84. The van der Waals surface area contributed by atoms with Gasteiger partial charge in [0.25, 0.3) is 5.91 Å². The van der Waals surface area contributed by atoms with E-state index in [2.05, 4.69) is 10.3 Å². The third kappa shape index (κ3) is 3.76. The highest BCUT2D eigenvalue weighted by Crippen LogP contribution is 2.23. The van der Waals surface area contributed by atoms with Gasteiger partial charge in [0.15, 0.2) is 15.5 Å². The van der Waals surface area contributed by atoms with Gasteiger partial charge >= 0.3 is 0 Å². The second-order valence-corrected chi connectivity index (χ2v) is 10.2. The predicted molar refractivity (Wildman–Crippen MR) is 104 cm³/mol. The number of hydrogen-bond donors (Lipinski definition) is 0. The van der Waals surface area contributed by atoms with E-state index in [1.807, 2.05) is 38.1 Å². The molecule has 146 valence electrons. The minimum Gasteiger partial charge on any atom is -0.337 e. The molecule has 0 saturated carbocycles. The Hall–Kier alpha value is -2.22. The van der Waals surface area contributed by atoms with Gasteiger partial charge in [-0.15, -0.1) is 5.10 Å². The first-order valence-electron chi connectivity index (χ1n) is 9.23. The molecule has 2 aromatic rings. The highest BCUT2D eigenvalue weighted by Gasteiger charge is 2.34. The monoisotopic (exact) mass is 390 g/mol. The summed E-state index contributed by atoms with van der Waals surface area (Å²) in [5.41, 5.74) is 3.00. The Balaban J connectivity index is 1.74. The van der Waals surface area contributed by atoms with E-state index in [1.165, 1.54) is 0 Å². The minimum atomic E-state index is -3.13. The molecule has 8 heteroatoms. The lowest BCUT2D eigenvalue weighted by atomic mass is 10.1. The van der Waals surface area contributed by atoms with Crippen molar-refractivity contribution in [3.05, 3.63) is 41.2 Å². The van der Waals surface area contributed by atoms with Crippen LogP contribution in [0.1, 0.15) is 48.4 Å². The van der Waals surface area contributed by atoms with Crippen molar-refractivity contribution < 1.29 is 13.2 Å².